The van der Waals surface area contributed by atoms with Crippen LogP contribution in [-0.2, 0) is 22.1 Å². The molecule has 1 saturated heterocycles. The molecule has 1 fully saturated rings. The van der Waals surface area contributed by atoms with Gasteiger partial charge in [-0.2, -0.15) is 13.2 Å². The zero-order chi connectivity index (χ0) is 15.5. The number of carbonyl (C=O) groups excluding carboxylic acids is 1. The van der Waals surface area contributed by atoms with Crippen LogP contribution in [0, 0.1) is 0 Å². The van der Waals surface area contributed by atoms with Gasteiger partial charge in [0.2, 0.25) is 5.91 Å². The van der Waals surface area contributed by atoms with Crippen molar-refractivity contribution in [1.82, 2.24) is 10.3 Å². The number of hydrogen-bond donors (Lipinski definition) is 1. The Hall–Kier alpha value is -1.34. The van der Waals surface area contributed by atoms with E-state index in [1.54, 1.807) is 0 Å². The van der Waals surface area contributed by atoms with E-state index >= 15 is 0 Å². The van der Waals surface area contributed by atoms with E-state index in [2.05, 4.69) is 10.3 Å². The highest BCUT2D eigenvalue weighted by Gasteiger charge is 2.31. The van der Waals surface area contributed by atoms with Gasteiger partial charge >= 0.3 is 6.18 Å². The van der Waals surface area contributed by atoms with Crippen LogP contribution < -0.4 is 5.32 Å². The van der Waals surface area contributed by atoms with E-state index in [1.165, 1.54) is 0 Å². The van der Waals surface area contributed by atoms with Crippen molar-refractivity contribution in [1.29, 1.82) is 0 Å². The van der Waals surface area contributed by atoms with Gasteiger partial charge in [-0.05, 0) is 18.9 Å². The lowest BCUT2D eigenvalue weighted by atomic mass is 10.2. The molecule has 0 unspecified atom stereocenters. The zero-order valence-corrected chi connectivity index (χ0v) is 11.8. The first-order valence-electron chi connectivity index (χ1n) is 6.46. The van der Waals surface area contributed by atoms with E-state index in [0.29, 0.717) is 19.3 Å². The van der Waals surface area contributed by atoms with Gasteiger partial charge in [-0.3, -0.25) is 9.78 Å². The van der Waals surface area contributed by atoms with Crippen molar-refractivity contribution in [2.75, 3.05) is 13.2 Å². The molecule has 1 aliphatic heterocycles. The predicted octanol–water partition coefficient (Wildman–Crippen LogP) is 2.59. The number of pyridine rings is 1. The first-order chi connectivity index (χ1) is 9.86. The van der Waals surface area contributed by atoms with E-state index in [0.717, 1.165) is 18.9 Å². The summed E-state index contributed by atoms with van der Waals surface area (Å²) in [5.41, 5.74) is -0.814. The van der Waals surface area contributed by atoms with E-state index < -0.39 is 11.7 Å². The summed E-state index contributed by atoms with van der Waals surface area (Å²) in [5.74, 6) is -0.348. The molecule has 1 N–H and O–H groups in total. The zero-order valence-electron chi connectivity index (χ0n) is 11.0. The van der Waals surface area contributed by atoms with Crippen molar-refractivity contribution in [3.05, 3.63) is 28.5 Å². The second kappa shape index (κ2) is 6.62. The minimum Gasteiger partial charge on any atom is -0.376 e. The van der Waals surface area contributed by atoms with Gasteiger partial charge in [0, 0.05) is 19.3 Å². The van der Waals surface area contributed by atoms with Crippen LogP contribution in [0.1, 0.15) is 24.1 Å². The molecule has 1 atom stereocenters. The van der Waals surface area contributed by atoms with E-state index in [-0.39, 0.29) is 29.1 Å². The van der Waals surface area contributed by atoms with Crippen LogP contribution in [0.2, 0.25) is 5.02 Å². The van der Waals surface area contributed by atoms with Crippen LogP contribution >= 0.6 is 11.6 Å². The second-order valence-corrected chi connectivity index (χ2v) is 5.17. The number of ether oxygens (including phenoxy) is 1. The summed E-state index contributed by atoms with van der Waals surface area (Å²) < 4.78 is 42.7. The molecule has 8 heteroatoms. The average Bonchev–Trinajstić information content (AvgIpc) is 2.91. The number of rotatable bonds is 4. The summed E-state index contributed by atoms with van der Waals surface area (Å²) in [6, 6.07) is 0.775. The number of hydrogen-bond acceptors (Lipinski definition) is 3. The normalized spacial score (nSPS) is 18.8. The van der Waals surface area contributed by atoms with Crippen LogP contribution in [0.4, 0.5) is 13.2 Å². The Balaban J connectivity index is 1.91. The van der Waals surface area contributed by atoms with Crippen LogP contribution in [0.25, 0.3) is 0 Å². The molecule has 4 nitrogen and oxygen atoms in total. The molecule has 1 aromatic heterocycles. The molecule has 1 amide bonds. The Bertz CT molecular complexity index is 517. The fourth-order valence-corrected chi connectivity index (χ4v) is 2.23. The summed E-state index contributed by atoms with van der Waals surface area (Å²) in [6.07, 6.45) is -2.13. The maximum Gasteiger partial charge on any atom is 0.417 e. The topological polar surface area (TPSA) is 51.2 Å². The molecule has 21 heavy (non-hydrogen) atoms. The molecule has 2 heterocycles. The molecule has 116 valence electrons. The summed E-state index contributed by atoms with van der Waals surface area (Å²) in [5, 5.41) is 2.49. The standard InChI is InChI=1S/C13H14ClF3N2O2/c14-10-4-8(13(15,16)17)6-18-11(10)5-12(20)19-7-9-2-1-3-21-9/h4,6,9H,1-3,5,7H2,(H,19,20)/t9-/m1/s1. The third kappa shape index (κ3) is 4.57. The maximum atomic E-state index is 12.5. The third-order valence-corrected chi connectivity index (χ3v) is 3.45. The SMILES string of the molecule is O=C(Cc1ncc(C(F)(F)F)cc1Cl)NC[C@H]1CCCO1. The number of halogens is 4. The third-order valence-electron chi connectivity index (χ3n) is 3.12. The maximum absolute atomic E-state index is 12.5. The Morgan fingerprint density at radius 1 is 1.52 bits per heavy atom. The van der Waals surface area contributed by atoms with Gasteiger partial charge < -0.3 is 10.1 Å². The monoisotopic (exact) mass is 322 g/mol. The molecule has 1 aromatic rings. The van der Waals surface area contributed by atoms with Gasteiger partial charge in [-0.1, -0.05) is 11.6 Å². The van der Waals surface area contributed by atoms with Crippen molar-refractivity contribution in [3.63, 3.8) is 0 Å². The van der Waals surface area contributed by atoms with Crippen LogP contribution in [0.15, 0.2) is 12.3 Å². The fourth-order valence-electron chi connectivity index (χ4n) is 2.00. The summed E-state index contributed by atoms with van der Waals surface area (Å²) >= 11 is 5.74. The van der Waals surface area contributed by atoms with Gasteiger partial charge in [-0.25, -0.2) is 0 Å². The Morgan fingerprint density at radius 3 is 2.86 bits per heavy atom. The lowest BCUT2D eigenvalue weighted by Crippen LogP contribution is -2.33. The Labute approximate surface area is 124 Å². The lowest BCUT2D eigenvalue weighted by molar-refractivity contribution is -0.137. The molecule has 0 spiro atoms. The highest BCUT2D eigenvalue weighted by atomic mass is 35.5. The summed E-state index contributed by atoms with van der Waals surface area (Å²) in [7, 11) is 0. The number of amides is 1. The number of nitrogens with zero attached hydrogens (tertiary/aromatic N) is 1. The predicted molar refractivity (Wildman–Crippen MR) is 69.9 cm³/mol. The van der Waals surface area contributed by atoms with Crippen molar-refractivity contribution >= 4 is 17.5 Å². The molecule has 0 saturated carbocycles. The Morgan fingerprint density at radius 2 is 2.29 bits per heavy atom. The van der Waals surface area contributed by atoms with E-state index in [9.17, 15) is 18.0 Å². The highest BCUT2D eigenvalue weighted by Crippen LogP contribution is 2.31. The van der Waals surface area contributed by atoms with Gasteiger partial charge in [0.25, 0.3) is 0 Å². The van der Waals surface area contributed by atoms with Crippen LogP contribution in [0.3, 0.4) is 0 Å². The van der Waals surface area contributed by atoms with Crippen molar-refractivity contribution in [2.24, 2.45) is 0 Å². The lowest BCUT2D eigenvalue weighted by Gasteiger charge is -2.12. The molecule has 0 aliphatic carbocycles. The average molecular weight is 323 g/mol. The van der Waals surface area contributed by atoms with E-state index in [1.807, 2.05) is 0 Å². The first kappa shape index (κ1) is 16.0. The number of aromatic nitrogens is 1. The van der Waals surface area contributed by atoms with Crippen molar-refractivity contribution in [3.8, 4) is 0 Å². The number of nitrogens with one attached hydrogen (secondary N) is 1. The number of alkyl halides is 3. The summed E-state index contributed by atoms with van der Waals surface area (Å²) in [6.45, 7) is 1.07. The largest absolute Gasteiger partial charge is 0.417 e. The van der Waals surface area contributed by atoms with Gasteiger partial charge in [0.05, 0.1) is 28.8 Å². The Kier molecular flexibility index (Phi) is 5.05. The van der Waals surface area contributed by atoms with Crippen molar-refractivity contribution in [2.45, 2.75) is 31.5 Å². The van der Waals surface area contributed by atoms with Crippen LogP contribution in [0.5, 0.6) is 0 Å². The molecular weight excluding hydrogens is 309 g/mol. The smallest absolute Gasteiger partial charge is 0.376 e. The van der Waals surface area contributed by atoms with Gasteiger partial charge in [0.1, 0.15) is 0 Å². The van der Waals surface area contributed by atoms with E-state index in [4.69, 9.17) is 16.3 Å². The number of carbonyl (C=O) groups is 1. The summed E-state index contributed by atoms with van der Waals surface area (Å²) in [4.78, 5) is 15.3. The molecule has 2 rings (SSSR count). The molecule has 0 aromatic carbocycles. The quantitative estimate of drug-likeness (QED) is 0.927. The highest BCUT2D eigenvalue weighted by molar-refractivity contribution is 6.31. The van der Waals surface area contributed by atoms with Gasteiger partial charge in [-0.15, -0.1) is 0 Å². The van der Waals surface area contributed by atoms with Gasteiger partial charge in [0.15, 0.2) is 0 Å². The molecule has 0 bridgehead atoms. The van der Waals surface area contributed by atoms with Crippen LogP contribution in [-0.4, -0.2) is 30.1 Å². The molecule has 0 radical (unpaired) electrons. The second-order valence-electron chi connectivity index (χ2n) is 4.77. The minimum atomic E-state index is -4.50. The first-order valence-corrected chi connectivity index (χ1v) is 6.84. The fraction of sp³-hybridized carbons (Fsp3) is 0.538. The van der Waals surface area contributed by atoms with Crippen molar-refractivity contribution < 1.29 is 22.7 Å². The molecular formula is C13H14ClF3N2O2. The minimum absolute atomic E-state index is 0.00462. The molecule has 1 aliphatic rings.